The van der Waals surface area contributed by atoms with E-state index in [1.54, 1.807) is 5.56 Å². The van der Waals surface area contributed by atoms with Crippen molar-refractivity contribution in [3.05, 3.63) is 53.7 Å². The van der Waals surface area contributed by atoms with E-state index in [1.165, 1.54) is 46.6 Å². The van der Waals surface area contributed by atoms with Crippen LogP contribution in [0.1, 0.15) is 42.4 Å². The molecule has 1 heterocycles. The fourth-order valence-corrected chi connectivity index (χ4v) is 4.11. The van der Waals surface area contributed by atoms with Gasteiger partial charge in [0.25, 0.3) is 0 Å². The average Bonchev–Trinajstić information content (AvgIpc) is 3.07. The van der Waals surface area contributed by atoms with Gasteiger partial charge in [0.05, 0.1) is 5.52 Å². The van der Waals surface area contributed by atoms with Crippen LogP contribution in [-0.2, 0) is 0 Å². The lowest BCUT2D eigenvalue weighted by Gasteiger charge is -2.15. The minimum atomic E-state index is 0.739. The van der Waals surface area contributed by atoms with E-state index in [-0.39, 0.29) is 0 Å². The zero-order chi connectivity index (χ0) is 12.4. The van der Waals surface area contributed by atoms with Crippen LogP contribution in [0, 0.1) is 0 Å². The molecule has 19 heavy (non-hydrogen) atoms. The van der Waals surface area contributed by atoms with Crippen LogP contribution in [0.3, 0.4) is 0 Å². The SMILES string of the molecule is c1ccc2c(c1)ccc1cc3c(nc12)[C@H]1CC[C@H]3C1. The van der Waals surface area contributed by atoms with Gasteiger partial charge in [-0.15, -0.1) is 0 Å². The zero-order valence-corrected chi connectivity index (χ0v) is 10.8. The van der Waals surface area contributed by atoms with Gasteiger partial charge >= 0.3 is 0 Å². The topological polar surface area (TPSA) is 12.9 Å². The maximum atomic E-state index is 5.07. The Morgan fingerprint density at radius 1 is 0.895 bits per heavy atom. The third-order valence-electron chi connectivity index (χ3n) is 5.03. The first-order valence-corrected chi connectivity index (χ1v) is 7.22. The van der Waals surface area contributed by atoms with Crippen molar-refractivity contribution >= 4 is 21.7 Å². The van der Waals surface area contributed by atoms with Crippen molar-refractivity contribution in [2.45, 2.75) is 31.1 Å². The number of hydrogen-bond acceptors (Lipinski definition) is 1. The molecule has 2 aliphatic rings. The van der Waals surface area contributed by atoms with Crippen molar-refractivity contribution in [1.29, 1.82) is 0 Å². The van der Waals surface area contributed by atoms with Gasteiger partial charge in [-0.25, -0.2) is 0 Å². The number of pyridine rings is 1. The van der Waals surface area contributed by atoms with E-state index in [2.05, 4.69) is 42.5 Å². The Morgan fingerprint density at radius 2 is 1.74 bits per heavy atom. The molecular formula is C18H15N. The first-order chi connectivity index (χ1) is 9.40. The van der Waals surface area contributed by atoms with Crippen LogP contribution in [0.15, 0.2) is 42.5 Å². The molecule has 1 fully saturated rings. The van der Waals surface area contributed by atoms with Gasteiger partial charge in [0.2, 0.25) is 0 Å². The molecule has 0 amide bonds. The number of nitrogens with zero attached hydrogens (tertiary/aromatic N) is 1. The zero-order valence-electron chi connectivity index (χ0n) is 10.8. The Bertz CT molecular complexity index is 818. The van der Waals surface area contributed by atoms with Crippen LogP contribution in [0.4, 0.5) is 0 Å². The van der Waals surface area contributed by atoms with Crippen molar-refractivity contribution in [1.82, 2.24) is 4.98 Å². The predicted octanol–water partition coefficient (Wildman–Crippen LogP) is 4.75. The van der Waals surface area contributed by atoms with Gasteiger partial charge in [0.15, 0.2) is 0 Å². The van der Waals surface area contributed by atoms with E-state index >= 15 is 0 Å². The molecule has 92 valence electrons. The van der Waals surface area contributed by atoms with Crippen molar-refractivity contribution in [3.8, 4) is 0 Å². The van der Waals surface area contributed by atoms with Crippen LogP contribution in [0.2, 0.25) is 0 Å². The summed E-state index contributed by atoms with van der Waals surface area (Å²) in [5.74, 6) is 1.53. The molecule has 0 N–H and O–H groups in total. The molecule has 2 bridgehead atoms. The summed E-state index contributed by atoms with van der Waals surface area (Å²) < 4.78 is 0. The molecule has 0 spiro atoms. The average molecular weight is 245 g/mol. The predicted molar refractivity (Wildman–Crippen MR) is 78.6 cm³/mol. The fraction of sp³-hybridized carbons (Fsp3) is 0.278. The number of aromatic nitrogens is 1. The summed E-state index contributed by atoms with van der Waals surface area (Å²) in [5, 5.41) is 3.90. The van der Waals surface area contributed by atoms with Crippen LogP contribution in [-0.4, -0.2) is 4.98 Å². The van der Waals surface area contributed by atoms with E-state index in [0.29, 0.717) is 0 Å². The molecule has 0 saturated heterocycles. The normalized spacial score (nSPS) is 24.2. The third kappa shape index (κ3) is 1.23. The summed E-state index contributed by atoms with van der Waals surface area (Å²) in [6.07, 6.45) is 4.07. The Morgan fingerprint density at radius 3 is 2.74 bits per heavy atom. The molecule has 1 aromatic heterocycles. The van der Waals surface area contributed by atoms with E-state index in [4.69, 9.17) is 4.98 Å². The number of benzene rings is 2. The molecule has 2 aromatic carbocycles. The highest BCUT2D eigenvalue weighted by atomic mass is 14.7. The second kappa shape index (κ2) is 3.36. The first kappa shape index (κ1) is 9.96. The van der Waals surface area contributed by atoms with E-state index in [0.717, 1.165) is 11.8 Å². The molecule has 1 saturated carbocycles. The highest BCUT2D eigenvalue weighted by molar-refractivity contribution is 6.05. The molecule has 0 aliphatic heterocycles. The maximum Gasteiger partial charge on any atom is 0.0783 e. The number of fused-ring (bicyclic) bond motifs is 8. The second-order valence-electron chi connectivity index (χ2n) is 6.03. The second-order valence-corrected chi connectivity index (χ2v) is 6.03. The summed E-state index contributed by atoms with van der Waals surface area (Å²) in [6, 6.07) is 15.5. The van der Waals surface area contributed by atoms with Crippen molar-refractivity contribution in [2.75, 3.05) is 0 Å². The van der Waals surface area contributed by atoms with Crippen molar-refractivity contribution in [2.24, 2.45) is 0 Å². The van der Waals surface area contributed by atoms with Gasteiger partial charge in [-0.05, 0) is 42.2 Å². The maximum absolute atomic E-state index is 5.07. The lowest BCUT2D eigenvalue weighted by atomic mass is 9.94. The van der Waals surface area contributed by atoms with E-state index in [9.17, 15) is 0 Å². The smallest absolute Gasteiger partial charge is 0.0783 e. The van der Waals surface area contributed by atoms with Crippen LogP contribution in [0.5, 0.6) is 0 Å². The van der Waals surface area contributed by atoms with Gasteiger partial charge in [-0.2, -0.15) is 0 Å². The molecule has 1 nitrogen and oxygen atoms in total. The number of rotatable bonds is 0. The fourth-order valence-electron chi connectivity index (χ4n) is 4.11. The quantitative estimate of drug-likeness (QED) is 0.521. The summed E-state index contributed by atoms with van der Waals surface area (Å²) in [6.45, 7) is 0. The van der Waals surface area contributed by atoms with Crippen molar-refractivity contribution < 1.29 is 0 Å². The summed E-state index contributed by atoms with van der Waals surface area (Å²) in [4.78, 5) is 5.07. The van der Waals surface area contributed by atoms with Gasteiger partial charge in [0.1, 0.15) is 0 Å². The van der Waals surface area contributed by atoms with Gasteiger partial charge in [-0.1, -0.05) is 36.4 Å². The van der Waals surface area contributed by atoms with Crippen LogP contribution >= 0.6 is 0 Å². The summed E-state index contributed by atoms with van der Waals surface area (Å²) in [7, 11) is 0. The summed E-state index contributed by atoms with van der Waals surface area (Å²) in [5.41, 5.74) is 4.14. The Balaban J connectivity index is 1.92. The largest absolute Gasteiger partial charge is 0.252 e. The van der Waals surface area contributed by atoms with Crippen LogP contribution < -0.4 is 0 Å². The standard InChI is InChI=1S/C18H15N/c1-2-4-15-11(3-1)5-7-14-10-16-12-6-8-13(9-12)18(16)19-17(14)15/h1-5,7,10,12-13H,6,8-9H2/t12-,13-/m0/s1. The molecular weight excluding hydrogens is 230 g/mol. The lowest BCUT2D eigenvalue weighted by molar-refractivity contribution is 0.701. The molecule has 2 aliphatic carbocycles. The molecule has 2 atom stereocenters. The number of hydrogen-bond donors (Lipinski definition) is 0. The molecule has 0 unspecified atom stereocenters. The van der Waals surface area contributed by atoms with Crippen molar-refractivity contribution in [3.63, 3.8) is 0 Å². The molecule has 0 radical (unpaired) electrons. The lowest BCUT2D eigenvalue weighted by Crippen LogP contribution is -2.01. The van der Waals surface area contributed by atoms with Gasteiger partial charge in [-0.3, -0.25) is 4.98 Å². The third-order valence-corrected chi connectivity index (χ3v) is 5.03. The van der Waals surface area contributed by atoms with Gasteiger partial charge in [0, 0.05) is 22.4 Å². The minimum absolute atomic E-state index is 0.739. The molecule has 1 heteroatoms. The molecule has 3 aromatic rings. The van der Waals surface area contributed by atoms with Gasteiger partial charge < -0.3 is 0 Å². The van der Waals surface area contributed by atoms with E-state index < -0.39 is 0 Å². The Kier molecular flexibility index (Phi) is 1.76. The minimum Gasteiger partial charge on any atom is -0.252 e. The highest BCUT2D eigenvalue weighted by Gasteiger charge is 2.38. The van der Waals surface area contributed by atoms with Crippen LogP contribution in [0.25, 0.3) is 21.7 Å². The molecule has 5 rings (SSSR count). The monoisotopic (exact) mass is 245 g/mol. The highest BCUT2D eigenvalue weighted by Crippen LogP contribution is 2.52. The van der Waals surface area contributed by atoms with E-state index in [1.807, 2.05) is 0 Å². The Hall–Kier alpha value is -1.89. The Labute approximate surface area is 112 Å². The summed E-state index contributed by atoms with van der Waals surface area (Å²) >= 11 is 0. The first-order valence-electron chi connectivity index (χ1n) is 7.22.